The minimum atomic E-state index is -0.118. The molecule has 0 radical (unpaired) electrons. The molecule has 4 rings (SSSR count). The van der Waals surface area contributed by atoms with Gasteiger partial charge in [0.2, 0.25) is 0 Å². The van der Waals surface area contributed by atoms with Crippen LogP contribution in [0.3, 0.4) is 0 Å². The van der Waals surface area contributed by atoms with E-state index in [1.165, 1.54) is 24.8 Å². The van der Waals surface area contributed by atoms with Gasteiger partial charge in [0.1, 0.15) is 0 Å². The van der Waals surface area contributed by atoms with E-state index in [1.54, 1.807) is 0 Å². The summed E-state index contributed by atoms with van der Waals surface area (Å²) >= 11 is 0. The Morgan fingerprint density at radius 2 is 1.77 bits per heavy atom. The van der Waals surface area contributed by atoms with Crippen molar-refractivity contribution in [2.24, 2.45) is 5.92 Å². The predicted octanol–water partition coefficient (Wildman–Crippen LogP) is 4.66. The lowest BCUT2D eigenvalue weighted by Gasteiger charge is -2.52. The first-order valence-electron chi connectivity index (χ1n) is 12.3. The van der Waals surface area contributed by atoms with Gasteiger partial charge in [-0.3, -0.25) is 9.69 Å². The Bertz CT molecular complexity index is 781. The largest absolute Gasteiger partial charge is 0.321 e. The average molecular weight is 426 g/mol. The van der Waals surface area contributed by atoms with Gasteiger partial charge in [0, 0.05) is 25.0 Å². The van der Waals surface area contributed by atoms with Crippen molar-refractivity contribution in [1.82, 2.24) is 14.7 Å². The van der Waals surface area contributed by atoms with Gasteiger partial charge in [0.25, 0.3) is 0 Å². The summed E-state index contributed by atoms with van der Waals surface area (Å²) in [4.78, 5) is 32.1. The summed E-state index contributed by atoms with van der Waals surface area (Å²) in [7, 11) is 2.24. The van der Waals surface area contributed by atoms with Crippen molar-refractivity contribution in [1.29, 1.82) is 0 Å². The van der Waals surface area contributed by atoms with E-state index in [0.717, 1.165) is 38.8 Å². The molecule has 0 N–H and O–H groups in total. The lowest BCUT2D eigenvalue weighted by Crippen LogP contribution is -2.57. The molecular weight excluding hydrogens is 386 g/mol. The van der Waals surface area contributed by atoms with Crippen LogP contribution < -0.4 is 0 Å². The molecule has 170 valence electrons. The fraction of sp³-hybridized carbons (Fsp3) is 0.692. The van der Waals surface area contributed by atoms with Gasteiger partial charge in [0.15, 0.2) is 5.78 Å². The second-order valence-corrected chi connectivity index (χ2v) is 10.1. The number of urea groups is 1. The minimum absolute atomic E-state index is 0.0269. The second kappa shape index (κ2) is 8.93. The van der Waals surface area contributed by atoms with Crippen molar-refractivity contribution < 1.29 is 9.59 Å². The monoisotopic (exact) mass is 425 g/mol. The van der Waals surface area contributed by atoms with E-state index >= 15 is 0 Å². The summed E-state index contributed by atoms with van der Waals surface area (Å²) in [5, 5.41) is 0. The van der Waals surface area contributed by atoms with E-state index in [1.807, 2.05) is 11.8 Å². The summed E-state index contributed by atoms with van der Waals surface area (Å²) in [5.74, 6) is 0.802. The molecule has 2 saturated carbocycles. The van der Waals surface area contributed by atoms with Crippen LogP contribution in [0.4, 0.5) is 4.79 Å². The first-order chi connectivity index (χ1) is 14.9. The molecule has 2 aliphatic carbocycles. The number of benzene rings is 1. The van der Waals surface area contributed by atoms with Crippen molar-refractivity contribution in [3.63, 3.8) is 0 Å². The standard InChI is InChI=1S/C26H39N3O2/c1-4-23(30)19-28-20-25(29(24(28)31)18-21-10-9-11-21)14-16-26(17-15-25,27(3)5-2)22-12-7-6-8-13-22/h6-8,12-13,21H,4-5,9-11,14-20H2,1-3H3. The fourth-order valence-electron chi connectivity index (χ4n) is 6.03. The van der Waals surface area contributed by atoms with E-state index in [4.69, 9.17) is 0 Å². The third kappa shape index (κ3) is 4.02. The molecule has 3 fully saturated rings. The van der Waals surface area contributed by atoms with Crippen LogP contribution in [0.25, 0.3) is 0 Å². The van der Waals surface area contributed by atoms with Gasteiger partial charge < -0.3 is 9.80 Å². The van der Waals surface area contributed by atoms with Crippen molar-refractivity contribution in [2.75, 3.05) is 33.2 Å². The Hall–Kier alpha value is -1.88. The number of hydrogen-bond acceptors (Lipinski definition) is 3. The van der Waals surface area contributed by atoms with Crippen LogP contribution in [-0.2, 0) is 10.3 Å². The molecule has 1 spiro atoms. The molecule has 5 nitrogen and oxygen atoms in total. The second-order valence-electron chi connectivity index (χ2n) is 10.1. The predicted molar refractivity (Wildman–Crippen MR) is 124 cm³/mol. The van der Waals surface area contributed by atoms with Crippen molar-refractivity contribution in [3.05, 3.63) is 35.9 Å². The summed E-state index contributed by atoms with van der Waals surface area (Å²) in [6.45, 7) is 6.98. The van der Waals surface area contributed by atoms with Crippen LogP contribution in [0.1, 0.15) is 70.8 Å². The van der Waals surface area contributed by atoms with Gasteiger partial charge in [-0.2, -0.15) is 0 Å². The number of Topliss-reactive ketones (excluding diaryl/α,β-unsaturated/α-hetero) is 1. The smallest absolute Gasteiger partial charge is 0.317 e. The molecule has 0 atom stereocenters. The zero-order valence-corrected chi connectivity index (χ0v) is 19.6. The first kappa shape index (κ1) is 22.3. The molecule has 31 heavy (non-hydrogen) atoms. The topological polar surface area (TPSA) is 43.9 Å². The molecule has 1 aliphatic heterocycles. The third-order valence-electron chi connectivity index (χ3n) is 8.51. The molecule has 1 aromatic carbocycles. The summed E-state index contributed by atoms with van der Waals surface area (Å²) in [6, 6.07) is 11.0. The Balaban J connectivity index is 1.59. The SMILES string of the molecule is CCC(=O)CN1CC2(CCC(c3ccccc3)(N(C)CC)CC2)N(CC2CCC2)C1=O. The third-order valence-corrected chi connectivity index (χ3v) is 8.51. The highest BCUT2D eigenvalue weighted by atomic mass is 16.2. The van der Waals surface area contributed by atoms with Crippen LogP contribution in [0.2, 0.25) is 0 Å². The van der Waals surface area contributed by atoms with Gasteiger partial charge in [0.05, 0.1) is 12.1 Å². The Kier molecular flexibility index (Phi) is 6.43. The van der Waals surface area contributed by atoms with Crippen LogP contribution in [0.15, 0.2) is 30.3 Å². The van der Waals surface area contributed by atoms with Crippen molar-refractivity contribution in [2.45, 2.75) is 76.3 Å². The number of amides is 2. The van der Waals surface area contributed by atoms with Gasteiger partial charge in [-0.25, -0.2) is 4.79 Å². The Morgan fingerprint density at radius 1 is 1.10 bits per heavy atom. The lowest BCUT2D eigenvalue weighted by molar-refractivity contribution is -0.119. The Morgan fingerprint density at radius 3 is 2.32 bits per heavy atom. The molecule has 1 heterocycles. The number of nitrogens with zero attached hydrogens (tertiary/aromatic N) is 3. The van der Waals surface area contributed by atoms with Gasteiger partial charge in [-0.05, 0) is 63.6 Å². The molecule has 1 aromatic rings. The fourth-order valence-corrected chi connectivity index (χ4v) is 6.03. The zero-order chi connectivity index (χ0) is 22.1. The molecule has 0 aromatic heterocycles. The quantitative estimate of drug-likeness (QED) is 0.608. The maximum atomic E-state index is 13.4. The van der Waals surface area contributed by atoms with Gasteiger partial charge in [-0.15, -0.1) is 0 Å². The van der Waals surface area contributed by atoms with Crippen LogP contribution in [0.5, 0.6) is 0 Å². The molecule has 1 saturated heterocycles. The highest BCUT2D eigenvalue weighted by Crippen LogP contribution is 2.49. The summed E-state index contributed by atoms with van der Waals surface area (Å²) in [6.07, 6.45) is 8.36. The van der Waals surface area contributed by atoms with E-state index in [-0.39, 0.29) is 29.4 Å². The Labute approximate surface area is 187 Å². The van der Waals surface area contributed by atoms with Crippen LogP contribution >= 0.6 is 0 Å². The first-order valence-corrected chi connectivity index (χ1v) is 12.3. The van der Waals surface area contributed by atoms with E-state index in [2.05, 4.69) is 54.1 Å². The van der Waals surface area contributed by atoms with E-state index < -0.39 is 0 Å². The molecule has 2 amide bonds. The average Bonchev–Trinajstić information content (AvgIpc) is 3.01. The normalized spacial score (nSPS) is 29.1. The molecular formula is C26H39N3O2. The van der Waals surface area contributed by atoms with Crippen molar-refractivity contribution >= 4 is 11.8 Å². The van der Waals surface area contributed by atoms with Crippen LogP contribution in [-0.4, -0.2) is 65.3 Å². The number of carbonyl (C=O) groups excluding carboxylic acids is 2. The molecule has 0 bridgehead atoms. The van der Waals surface area contributed by atoms with E-state index in [0.29, 0.717) is 18.9 Å². The minimum Gasteiger partial charge on any atom is -0.317 e. The van der Waals surface area contributed by atoms with Gasteiger partial charge >= 0.3 is 6.03 Å². The number of rotatable bonds is 8. The summed E-state index contributed by atoms with van der Waals surface area (Å²) < 4.78 is 0. The lowest BCUT2D eigenvalue weighted by atomic mass is 9.68. The van der Waals surface area contributed by atoms with Gasteiger partial charge in [-0.1, -0.05) is 50.6 Å². The summed E-state index contributed by atoms with van der Waals surface area (Å²) in [5.41, 5.74) is 1.30. The number of hydrogen-bond donors (Lipinski definition) is 0. The van der Waals surface area contributed by atoms with Crippen LogP contribution in [0, 0.1) is 5.92 Å². The highest BCUT2D eigenvalue weighted by Gasteiger charge is 2.55. The zero-order valence-electron chi connectivity index (χ0n) is 19.6. The van der Waals surface area contributed by atoms with Crippen molar-refractivity contribution in [3.8, 4) is 0 Å². The maximum absolute atomic E-state index is 13.4. The highest BCUT2D eigenvalue weighted by molar-refractivity contribution is 5.87. The molecule has 5 heteroatoms. The molecule has 3 aliphatic rings. The van der Waals surface area contributed by atoms with E-state index in [9.17, 15) is 9.59 Å². The molecule has 0 unspecified atom stereocenters. The maximum Gasteiger partial charge on any atom is 0.321 e. The number of carbonyl (C=O) groups is 2. The number of ketones is 1.